The lowest BCUT2D eigenvalue weighted by Crippen LogP contribution is -2.33. The third-order valence-corrected chi connectivity index (χ3v) is 4.74. The van der Waals surface area contributed by atoms with Crippen LogP contribution >= 0.6 is 0 Å². The molecule has 0 aliphatic rings. The lowest BCUT2D eigenvalue weighted by atomic mass is 10.1. The summed E-state index contributed by atoms with van der Waals surface area (Å²) in [5, 5.41) is 15.5. The van der Waals surface area contributed by atoms with Gasteiger partial charge in [0.1, 0.15) is 24.0 Å². The van der Waals surface area contributed by atoms with E-state index in [-0.39, 0.29) is 17.1 Å². The Kier molecular flexibility index (Phi) is 4.18. The van der Waals surface area contributed by atoms with Gasteiger partial charge in [0.2, 0.25) is 11.3 Å². The Morgan fingerprint density at radius 3 is 2.81 bits per heavy atom. The SMILES string of the molecule is O=C(O)CNC(=O)c1c(=O)cc(Oc2cccc3c2oc2ccccc23)n2[nH]cnc12. The first kappa shape index (κ1) is 18.4. The largest absolute Gasteiger partial charge is 0.480 e. The zero-order valence-electron chi connectivity index (χ0n) is 15.8. The van der Waals surface area contributed by atoms with Gasteiger partial charge in [0.25, 0.3) is 5.91 Å². The number of carbonyl (C=O) groups excluding carboxylic acids is 1. The van der Waals surface area contributed by atoms with Crippen LogP contribution < -0.4 is 15.5 Å². The van der Waals surface area contributed by atoms with Crippen molar-refractivity contribution in [2.45, 2.75) is 0 Å². The van der Waals surface area contributed by atoms with Crippen molar-refractivity contribution in [3.63, 3.8) is 0 Å². The molecule has 5 aromatic rings. The zero-order valence-corrected chi connectivity index (χ0v) is 15.8. The number of carboxylic acids is 1. The number of carbonyl (C=O) groups is 2. The highest BCUT2D eigenvalue weighted by atomic mass is 16.5. The van der Waals surface area contributed by atoms with Crippen LogP contribution in [0, 0.1) is 0 Å². The fraction of sp³-hybridized carbons (Fsp3) is 0.0476. The minimum atomic E-state index is -1.23. The molecule has 1 amide bonds. The van der Waals surface area contributed by atoms with E-state index in [1.54, 1.807) is 12.1 Å². The summed E-state index contributed by atoms with van der Waals surface area (Å²) in [7, 11) is 0. The van der Waals surface area contributed by atoms with Crippen LogP contribution in [0.4, 0.5) is 0 Å². The Labute approximate surface area is 172 Å². The van der Waals surface area contributed by atoms with Gasteiger partial charge in [0.15, 0.2) is 17.0 Å². The number of H-pyrrole nitrogens is 1. The monoisotopic (exact) mass is 418 g/mol. The van der Waals surface area contributed by atoms with E-state index in [4.69, 9.17) is 14.3 Å². The van der Waals surface area contributed by atoms with Crippen LogP contribution in [-0.2, 0) is 4.79 Å². The minimum Gasteiger partial charge on any atom is -0.480 e. The van der Waals surface area contributed by atoms with Crippen molar-refractivity contribution in [1.82, 2.24) is 19.9 Å². The van der Waals surface area contributed by atoms with Crippen molar-refractivity contribution in [1.29, 1.82) is 0 Å². The summed E-state index contributed by atoms with van der Waals surface area (Å²) < 4.78 is 13.2. The maximum Gasteiger partial charge on any atom is 0.322 e. The molecule has 3 N–H and O–H groups in total. The van der Waals surface area contributed by atoms with Crippen molar-refractivity contribution in [3.8, 4) is 11.6 Å². The normalized spacial score (nSPS) is 11.2. The van der Waals surface area contributed by atoms with Gasteiger partial charge in [-0.25, -0.2) is 9.50 Å². The second-order valence-corrected chi connectivity index (χ2v) is 6.68. The van der Waals surface area contributed by atoms with Gasteiger partial charge >= 0.3 is 5.97 Å². The number of nitrogens with zero attached hydrogens (tertiary/aromatic N) is 2. The molecular formula is C21H14N4O6. The highest BCUT2D eigenvalue weighted by Gasteiger charge is 2.21. The smallest absolute Gasteiger partial charge is 0.322 e. The fourth-order valence-electron chi connectivity index (χ4n) is 3.42. The van der Waals surface area contributed by atoms with Crippen LogP contribution in [0.25, 0.3) is 27.6 Å². The van der Waals surface area contributed by atoms with Gasteiger partial charge in [-0.2, -0.15) is 0 Å². The number of rotatable bonds is 5. The summed E-state index contributed by atoms with van der Waals surface area (Å²) in [4.78, 5) is 39.7. The topological polar surface area (TPSA) is 139 Å². The number of aromatic nitrogens is 3. The molecular weight excluding hydrogens is 404 g/mol. The Hall–Kier alpha value is -4.60. The number of aliphatic carboxylic acids is 1. The first-order valence-corrected chi connectivity index (χ1v) is 9.20. The molecule has 10 nitrogen and oxygen atoms in total. The van der Waals surface area contributed by atoms with Crippen LogP contribution in [0.2, 0.25) is 0 Å². The molecule has 0 aliphatic heterocycles. The summed E-state index contributed by atoms with van der Waals surface area (Å²) in [6, 6.07) is 14.1. The van der Waals surface area contributed by atoms with Gasteiger partial charge in [-0.15, -0.1) is 0 Å². The van der Waals surface area contributed by atoms with Gasteiger partial charge in [-0.05, 0) is 12.1 Å². The summed E-state index contributed by atoms with van der Waals surface area (Å²) in [5.41, 5.74) is 0.247. The van der Waals surface area contributed by atoms with E-state index in [0.717, 1.165) is 16.8 Å². The highest BCUT2D eigenvalue weighted by molar-refractivity contribution is 6.06. The number of hydrogen-bond donors (Lipinski definition) is 3. The van der Waals surface area contributed by atoms with Gasteiger partial charge < -0.3 is 19.6 Å². The molecule has 31 heavy (non-hydrogen) atoms. The fourth-order valence-corrected chi connectivity index (χ4v) is 3.42. The Balaban J connectivity index is 1.60. The molecule has 0 atom stereocenters. The van der Waals surface area contributed by atoms with Gasteiger partial charge in [-0.1, -0.05) is 30.3 Å². The molecule has 0 unspecified atom stereocenters. The number of carboxylic acid groups (broad SMARTS) is 1. The molecule has 3 aromatic heterocycles. The Morgan fingerprint density at radius 1 is 1.16 bits per heavy atom. The molecule has 0 radical (unpaired) electrons. The highest BCUT2D eigenvalue weighted by Crippen LogP contribution is 2.36. The Bertz CT molecular complexity index is 1540. The Morgan fingerprint density at radius 2 is 1.97 bits per heavy atom. The molecule has 0 saturated carbocycles. The standard InChI is InChI=1S/C21H14N4O6/c26-13-8-16(25-20(23-10-24-25)18(13)21(29)22-9-17(27)28)30-15-7-3-5-12-11-4-1-2-6-14(11)31-19(12)15/h1-8,10H,9H2,(H,22,29)(H,23,24)(H,27,28). The first-order valence-electron chi connectivity index (χ1n) is 9.20. The summed E-state index contributed by atoms with van der Waals surface area (Å²) in [6.07, 6.45) is 1.29. The average Bonchev–Trinajstić information content (AvgIpc) is 3.38. The molecule has 0 saturated heterocycles. The van der Waals surface area contributed by atoms with E-state index < -0.39 is 23.9 Å². The molecule has 0 aliphatic carbocycles. The van der Waals surface area contributed by atoms with E-state index in [0.29, 0.717) is 16.9 Å². The maximum atomic E-state index is 12.7. The number of ether oxygens (including phenoxy) is 1. The predicted molar refractivity (Wildman–Crippen MR) is 110 cm³/mol. The third kappa shape index (κ3) is 3.06. The van der Waals surface area contributed by atoms with Crippen molar-refractivity contribution in [2.24, 2.45) is 0 Å². The van der Waals surface area contributed by atoms with Crippen LogP contribution in [-0.4, -0.2) is 38.1 Å². The molecule has 0 bridgehead atoms. The van der Waals surface area contributed by atoms with Crippen molar-refractivity contribution < 1.29 is 23.8 Å². The number of amides is 1. The minimum absolute atomic E-state index is 0.00201. The van der Waals surface area contributed by atoms with E-state index in [2.05, 4.69) is 15.4 Å². The average molecular weight is 418 g/mol. The second-order valence-electron chi connectivity index (χ2n) is 6.68. The van der Waals surface area contributed by atoms with E-state index in [1.165, 1.54) is 10.8 Å². The van der Waals surface area contributed by atoms with Crippen LogP contribution in [0.1, 0.15) is 10.4 Å². The zero-order chi connectivity index (χ0) is 21.5. The second kappa shape index (κ2) is 7.02. The third-order valence-electron chi connectivity index (χ3n) is 4.74. The molecule has 2 aromatic carbocycles. The maximum absolute atomic E-state index is 12.7. The molecule has 154 valence electrons. The summed E-state index contributed by atoms with van der Waals surface area (Å²) >= 11 is 0. The lowest BCUT2D eigenvalue weighted by Gasteiger charge is -2.10. The van der Waals surface area contributed by atoms with E-state index in [1.807, 2.05) is 30.3 Å². The number of para-hydroxylation sites is 2. The number of hydrogen-bond acceptors (Lipinski definition) is 6. The quantitative estimate of drug-likeness (QED) is 0.398. The number of fused-ring (bicyclic) bond motifs is 4. The van der Waals surface area contributed by atoms with Crippen molar-refractivity contribution in [3.05, 3.63) is 70.6 Å². The first-order chi connectivity index (χ1) is 15.0. The van der Waals surface area contributed by atoms with Crippen LogP contribution in [0.3, 0.4) is 0 Å². The lowest BCUT2D eigenvalue weighted by molar-refractivity contribution is -0.135. The number of nitrogens with one attached hydrogen (secondary N) is 2. The molecule has 0 spiro atoms. The van der Waals surface area contributed by atoms with Crippen molar-refractivity contribution >= 4 is 39.5 Å². The molecule has 5 rings (SSSR count). The van der Waals surface area contributed by atoms with Crippen molar-refractivity contribution in [2.75, 3.05) is 6.54 Å². The summed E-state index contributed by atoms with van der Waals surface area (Å²) in [6.45, 7) is -0.624. The van der Waals surface area contributed by atoms with E-state index >= 15 is 0 Å². The van der Waals surface area contributed by atoms with Crippen LogP contribution in [0.15, 0.2) is 64.1 Å². The summed E-state index contributed by atoms with van der Waals surface area (Å²) in [5.74, 6) is -1.62. The number of aromatic amines is 1. The molecule has 3 heterocycles. The number of pyridine rings is 1. The van der Waals surface area contributed by atoms with Crippen LogP contribution in [0.5, 0.6) is 11.6 Å². The van der Waals surface area contributed by atoms with Gasteiger partial charge in [0.05, 0.1) is 0 Å². The van der Waals surface area contributed by atoms with Gasteiger partial charge in [0, 0.05) is 16.8 Å². The number of furan rings is 1. The molecule has 10 heteroatoms. The van der Waals surface area contributed by atoms with Gasteiger partial charge in [-0.3, -0.25) is 19.5 Å². The predicted octanol–water partition coefficient (Wildman–Crippen LogP) is 2.53. The van der Waals surface area contributed by atoms with E-state index in [9.17, 15) is 14.4 Å². The number of benzene rings is 2. The molecule has 0 fully saturated rings.